The predicted octanol–water partition coefficient (Wildman–Crippen LogP) is 1.54. The number of hydrogen-bond donors (Lipinski definition) is 1. The number of ether oxygens (including phenoxy) is 1. The maximum Gasteiger partial charge on any atom is 0.335 e. The second-order valence-corrected chi connectivity index (χ2v) is 3.37. The second-order valence-electron chi connectivity index (χ2n) is 3.37. The summed E-state index contributed by atoms with van der Waals surface area (Å²) in [4.78, 5) is 11.2. The predicted molar refractivity (Wildman–Crippen MR) is 57.4 cm³/mol. The number of hydrogen-bond acceptors (Lipinski definition) is 3. The van der Waals surface area contributed by atoms with E-state index in [4.69, 9.17) is 4.74 Å². The number of aliphatic hydroxyl groups is 1. The molecule has 1 rings (SSSR count). The third kappa shape index (κ3) is 4.13. The molecule has 15 heavy (non-hydrogen) atoms. The summed E-state index contributed by atoms with van der Waals surface area (Å²) in [6.45, 7) is 2.28. The minimum Gasteiger partial charge on any atom is -0.464 e. The fourth-order valence-electron chi connectivity index (χ4n) is 1.22. The van der Waals surface area contributed by atoms with Crippen LogP contribution in [0.1, 0.15) is 18.9 Å². The van der Waals surface area contributed by atoms with Crippen molar-refractivity contribution in [3.63, 3.8) is 0 Å². The minimum atomic E-state index is -1.06. The van der Waals surface area contributed by atoms with Crippen LogP contribution in [-0.2, 0) is 16.0 Å². The number of rotatable bonds is 5. The van der Waals surface area contributed by atoms with E-state index >= 15 is 0 Å². The van der Waals surface area contributed by atoms with Gasteiger partial charge < -0.3 is 9.84 Å². The lowest BCUT2D eigenvalue weighted by atomic mass is 10.1. The molecule has 0 bridgehead atoms. The molecule has 0 unspecified atom stereocenters. The molecule has 0 saturated heterocycles. The van der Waals surface area contributed by atoms with Gasteiger partial charge in [-0.15, -0.1) is 0 Å². The number of esters is 1. The van der Waals surface area contributed by atoms with Gasteiger partial charge in [-0.2, -0.15) is 0 Å². The first-order valence-electron chi connectivity index (χ1n) is 5.12. The lowest BCUT2D eigenvalue weighted by Gasteiger charge is -2.09. The standard InChI is InChI=1S/C12H16O3/c1-2-8-15-12(14)11(13)9-10-6-4-3-5-7-10/h3-7,11,13H,2,8-9H2,1H3/t11-/m0/s1. The van der Waals surface area contributed by atoms with Gasteiger partial charge in [0.05, 0.1) is 6.61 Å². The van der Waals surface area contributed by atoms with Crippen LogP contribution in [0.4, 0.5) is 0 Å². The normalized spacial score (nSPS) is 12.1. The molecule has 0 radical (unpaired) electrons. The molecule has 0 aliphatic rings. The number of aliphatic hydroxyl groups excluding tert-OH is 1. The van der Waals surface area contributed by atoms with E-state index in [1.54, 1.807) is 0 Å². The maximum atomic E-state index is 11.2. The van der Waals surface area contributed by atoms with Crippen molar-refractivity contribution in [1.29, 1.82) is 0 Å². The highest BCUT2D eigenvalue weighted by Crippen LogP contribution is 2.04. The van der Waals surface area contributed by atoms with Gasteiger partial charge in [0.15, 0.2) is 6.10 Å². The van der Waals surface area contributed by atoms with Crippen LogP contribution in [0.15, 0.2) is 30.3 Å². The molecule has 0 fully saturated rings. The zero-order chi connectivity index (χ0) is 11.1. The van der Waals surface area contributed by atoms with Gasteiger partial charge in [-0.05, 0) is 12.0 Å². The molecule has 0 aliphatic carbocycles. The monoisotopic (exact) mass is 208 g/mol. The van der Waals surface area contributed by atoms with Gasteiger partial charge in [-0.3, -0.25) is 0 Å². The van der Waals surface area contributed by atoms with Crippen LogP contribution in [0.3, 0.4) is 0 Å². The second kappa shape index (κ2) is 6.19. The third-order valence-corrected chi connectivity index (χ3v) is 1.99. The summed E-state index contributed by atoms with van der Waals surface area (Å²) in [6, 6.07) is 9.39. The molecule has 1 aromatic rings. The average molecular weight is 208 g/mol. The SMILES string of the molecule is CCCOC(=O)[C@@H](O)Cc1ccccc1. The first-order valence-corrected chi connectivity index (χ1v) is 5.12. The van der Waals surface area contributed by atoms with Crippen molar-refractivity contribution < 1.29 is 14.6 Å². The largest absolute Gasteiger partial charge is 0.464 e. The van der Waals surface area contributed by atoms with Crippen molar-refractivity contribution in [2.45, 2.75) is 25.9 Å². The Kier molecular flexibility index (Phi) is 4.84. The summed E-state index contributed by atoms with van der Waals surface area (Å²) in [5, 5.41) is 9.52. The highest BCUT2D eigenvalue weighted by Gasteiger charge is 2.16. The van der Waals surface area contributed by atoms with Crippen LogP contribution < -0.4 is 0 Å². The molecule has 0 heterocycles. The highest BCUT2D eigenvalue weighted by molar-refractivity contribution is 5.74. The Morgan fingerprint density at radius 3 is 2.67 bits per heavy atom. The van der Waals surface area contributed by atoms with Crippen LogP contribution in [0.2, 0.25) is 0 Å². The Balaban J connectivity index is 2.41. The summed E-state index contributed by atoms with van der Waals surface area (Å²) in [5.41, 5.74) is 0.929. The zero-order valence-corrected chi connectivity index (χ0v) is 8.85. The highest BCUT2D eigenvalue weighted by atomic mass is 16.5. The topological polar surface area (TPSA) is 46.5 Å². The van der Waals surface area contributed by atoms with E-state index in [2.05, 4.69) is 0 Å². The molecule has 1 atom stereocenters. The summed E-state index contributed by atoms with van der Waals surface area (Å²) in [7, 11) is 0. The number of carbonyl (C=O) groups excluding carboxylic acids is 1. The fraction of sp³-hybridized carbons (Fsp3) is 0.417. The van der Waals surface area contributed by atoms with Gasteiger partial charge in [0.2, 0.25) is 0 Å². The molecular weight excluding hydrogens is 192 g/mol. The first-order chi connectivity index (χ1) is 7.24. The van der Waals surface area contributed by atoms with E-state index in [9.17, 15) is 9.90 Å². The van der Waals surface area contributed by atoms with Crippen LogP contribution in [0.25, 0.3) is 0 Å². The zero-order valence-electron chi connectivity index (χ0n) is 8.85. The maximum absolute atomic E-state index is 11.2. The summed E-state index contributed by atoms with van der Waals surface area (Å²) in [5.74, 6) is -0.541. The lowest BCUT2D eigenvalue weighted by molar-refractivity contribution is -0.153. The van der Waals surface area contributed by atoms with Crippen LogP contribution >= 0.6 is 0 Å². The molecule has 82 valence electrons. The van der Waals surface area contributed by atoms with Crippen molar-refractivity contribution in [3.05, 3.63) is 35.9 Å². The first kappa shape index (κ1) is 11.7. The number of carbonyl (C=O) groups is 1. The molecule has 0 saturated carbocycles. The summed E-state index contributed by atoms with van der Waals surface area (Å²) in [6.07, 6.45) is 0.0200. The summed E-state index contributed by atoms with van der Waals surface area (Å²) >= 11 is 0. The molecule has 0 aliphatic heterocycles. The van der Waals surface area contributed by atoms with Gasteiger partial charge >= 0.3 is 5.97 Å². The molecule has 1 aromatic carbocycles. The van der Waals surface area contributed by atoms with Crippen LogP contribution in [-0.4, -0.2) is 23.8 Å². The van der Waals surface area contributed by atoms with E-state index in [1.165, 1.54) is 0 Å². The molecular formula is C12H16O3. The average Bonchev–Trinajstić information content (AvgIpc) is 2.27. The molecule has 0 aromatic heterocycles. The van der Waals surface area contributed by atoms with Gasteiger partial charge in [0.25, 0.3) is 0 Å². The Labute approximate surface area is 89.7 Å². The van der Waals surface area contributed by atoms with Gasteiger partial charge in [-0.1, -0.05) is 37.3 Å². The lowest BCUT2D eigenvalue weighted by Crippen LogP contribution is -2.25. The van der Waals surface area contributed by atoms with Crippen molar-refractivity contribution >= 4 is 5.97 Å². The van der Waals surface area contributed by atoms with Crippen molar-refractivity contribution in [2.75, 3.05) is 6.61 Å². The smallest absolute Gasteiger partial charge is 0.335 e. The third-order valence-electron chi connectivity index (χ3n) is 1.99. The van der Waals surface area contributed by atoms with Gasteiger partial charge in [-0.25, -0.2) is 4.79 Å². The Bertz CT molecular complexity index is 295. The Morgan fingerprint density at radius 1 is 1.40 bits per heavy atom. The Morgan fingerprint density at radius 2 is 2.07 bits per heavy atom. The van der Waals surface area contributed by atoms with E-state index in [-0.39, 0.29) is 0 Å². The molecule has 0 amide bonds. The molecule has 3 nitrogen and oxygen atoms in total. The van der Waals surface area contributed by atoms with E-state index in [1.807, 2.05) is 37.3 Å². The minimum absolute atomic E-state index is 0.309. The molecule has 3 heteroatoms. The van der Waals surface area contributed by atoms with Crippen LogP contribution in [0, 0.1) is 0 Å². The van der Waals surface area contributed by atoms with E-state index in [0.717, 1.165) is 12.0 Å². The molecule has 0 spiro atoms. The van der Waals surface area contributed by atoms with Crippen molar-refractivity contribution in [3.8, 4) is 0 Å². The van der Waals surface area contributed by atoms with Crippen molar-refractivity contribution in [1.82, 2.24) is 0 Å². The van der Waals surface area contributed by atoms with E-state index in [0.29, 0.717) is 13.0 Å². The summed E-state index contributed by atoms with van der Waals surface area (Å²) < 4.78 is 4.84. The van der Waals surface area contributed by atoms with Gasteiger partial charge in [0, 0.05) is 6.42 Å². The Hall–Kier alpha value is -1.35. The van der Waals surface area contributed by atoms with Crippen LogP contribution in [0.5, 0.6) is 0 Å². The van der Waals surface area contributed by atoms with Crippen molar-refractivity contribution in [2.24, 2.45) is 0 Å². The fourth-order valence-corrected chi connectivity index (χ4v) is 1.22. The molecule has 1 N–H and O–H groups in total. The van der Waals surface area contributed by atoms with Gasteiger partial charge in [0.1, 0.15) is 0 Å². The quantitative estimate of drug-likeness (QED) is 0.747. The number of benzene rings is 1. The van der Waals surface area contributed by atoms with E-state index < -0.39 is 12.1 Å².